The third kappa shape index (κ3) is 3.16. The van der Waals surface area contributed by atoms with E-state index < -0.39 is 0 Å². The standard InChI is InChI=1S/C16H23N5O2/c22-15-7-13-1-2-14(10-17-15)21(13)11-12-8-18-16(19-9-12)20-3-5-23-6-4-20/h8-9,13-14H,1-7,10-11H2,(H,17,22)/t13-,14+/m0/s1. The number of aromatic nitrogens is 2. The first kappa shape index (κ1) is 14.8. The van der Waals surface area contributed by atoms with Gasteiger partial charge in [-0.2, -0.15) is 0 Å². The number of carbonyl (C=O) groups excluding carboxylic acids is 1. The van der Waals surface area contributed by atoms with E-state index in [-0.39, 0.29) is 5.91 Å². The molecule has 1 aromatic rings. The van der Waals surface area contributed by atoms with E-state index in [9.17, 15) is 4.79 Å². The van der Waals surface area contributed by atoms with Gasteiger partial charge in [-0.3, -0.25) is 9.69 Å². The smallest absolute Gasteiger partial charge is 0.225 e. The molecule has 0 spiro atoms. The van der Waals surface area contributed by atoms with Crippen molar-refractivity contribution in [1.29, 1.82) is 0 Å². The van der Waals surface area contributed by atoms with Crippen LogP contribution < -0.4 is 10.2 Å². The van der Waals surface area contributed by atoms with E-state index in [1.807, 2.05) is 12.4 Å². The van der Waals surface area contributed by atoms with Gasteiger partial charge in [0.1, 0.15) is 0 Å². The first-order valence-corrected chi connectivity index (χ1v) is 8.45. The molecule has 2 bridgehead atoms. The highest BCUT2D eigenvalue weighted by molar-refractivity contribution is 5.77. The molecule has 7 heteroatoms. The van der Waals surface area contributed by atoms with Gasteiger partial charge in [0.2, 0.25) is 11.9 Å². The minimum absolute atomic E-state index is 0.182. The third-order valence-corrected chi connectivity index (χ3v) is 5.08. The number of hydrogen-bond donors (Lipinski definition) is 1. The number of morpholine rings is 1. The topological polar surface area (TPSA) is 70.6 Å². The monoisotopic (exact) mass is 317 g/mol. The molecule has 2 atom stereocenters. The second kappa shape index (κ2) is 6.41. The quantitative estimate of drug-likeness (QED) is 0.857. The predicted octanol–water partition coefficient (Wildman–Crippen LogP) is 0.166. The maximum Gasteiger partial charge on any atom is 0.225 e. The van der Waals surface area contributed by atoms with Crippen LogP contribution in [0, 0.1) is 0 Å². The van der Waals surface area contributed by atoms with Gasteiger partial charge in [-0.05, 0) is 12.8 Å². The Balaban J connectivity index is 1.43. The number of nitrogens with one attached hydrogen (secondary N) is 1. The van der Waals surface area contributed by atoms with Crippen molar-refractivity contribution in [3.05, 3.63) is 18.0 Å². The van der Waals surface area contributed by atoms with Crippen LogP contribution in [0.2, 0.25) is 0 Å². The molecule has 7 nitrogen and oxygen atoms in total. The number of fused-ring (bicyclic) bond motifs is 2. The summed E-state index contributed by atoms with van der Waals surface area (Å²) in [5.41, 5.74) is 1.12. The van der Waals surface area contributed by atoms with Crippen LogP contribution in [-0.2, 0) is 16.1 Å². The molecular weight excluding hydrogens is 294 g/mol. The van der Waals surface area contributed by atoms with Crippen molar-refractivity contribution < 1.29 is 9.53 Å². The van der Waals surface area contributed by atoms with Crippen LogP contribution in [-0.4, -0.2) is 65.7 Å². The minimum Gasteiger partial charge on any atom is -0.378 e. The zero-order chi connectivity index (χ0) is 15.6. The molecule has 4 heterocycles. The molecular formula is C16H23N5O2. The lowest BCUT2D eigenvalue weighted by Gasteiger charge is -2.28. The van der Waals surface area contributed by atoms with Crippen LogP contribution >= 0.6 is 0 Å². The molecule has 0 aliphatic carbocycles. The van der Waals surface area contributed by atoms with Crippen molar-refractivity contribution in [3.63, 3.8) is 0 Å². The molecule has 124 valence electrons. The van der Waals surface area contributed by atoms with Gasteiger partial charge in [-0.1, -0.05) is 0 Å². The Morgan fingerprint density at radius 2 is 1.91 bits per heavy atom. The Morgan fingerprint density at radius 1 is 1.17 bits per heavy atom. The summed E-state index contributed by atoms with van der Waals surface area (Å²) in [7, 11) is 0. The van der Waals surface area contributed by atoms with Crippen LogP contribution in [0.25, 0.3) is 0 Å². The van der Waals surface area contributed by atoms with Gasteiger partial charge in [0, 0.05) is 62.6 Å². The summed E-state index contributed by atoms with van der Waals surface area (Å²) < 4.78 is 5.36. The average molecular weight is 317 g/mol. The van der Waals surface area contributed by atoms with Gasteiger partial charge in [-0.15, -0.1) is 0 Å². The van der Waals surface area contributed by atoms with Crippen molar-refractivity contribution in [2.75, 3.05) is 37.7 Å². The fourth-order valence-electron chi connectivity index (χ4n) is 3.80. The zero-order valence-electron chi connectivity index (χ0n) is 13.3. The highest BCUT2D eigenvalue weighted by Crippen LogP contribution is 2.29. The maximum absolute atomic E-state index is 11.7. The average Bonchev–Trinajstić information content (AvgIpc) is 2.87. The van der Waals surface area contributed by atoms with Crippen molar-refractivity contribution in [1.82, 2.24) is 20.2 Å². The molecule has 23 heavy (non-hydrogen) atoms. The van der Waals surface area contributed by atoms with Crippen molar-refractivity contribution >= 4 is 11.9 Å². The number of nitrogens with zero attached hydrogens (tertiary/aromatic N) is 4. The molecule has 4 rings (SSSR count). The normalized spacial score (nSPS) is 28.5. The van der Waals surface area contributed by atoms with Crippen molar-refractivity contribution in [2.45, 2.75) is 37.9 Å². The van der Waals surface area contributed by atoms with Gasteiger partial charge in [0.15, 0.2) is 0 Å². The molecule has 0 aromatic carbocycles. The summed E-state index contributed by atoms with van der Waals surface area (Å²) in [6.45, 7) is 4.77. The summed E-state index contributed by atoms with van der Waals surface area (Å²) in [4.78, 5) is 25.4. The Labute approximate surface area is 136 Å². The summed E-state index contributed by atoms with van der Waals surface area (Å²) in [6, 6.07) is 0.812. The van der Waals surface area contributed by atoms with Crippen LogP contribution in [0.4, 0.5) is 5.95 Å². The van der Waals surface area contributed by atoms with Gasteiger partial charge in [0.05, 0.1) is 13.2 Å². The van der Waals surface area contributed by atoms with E-state index in [0.29, 0.717) is 18.5 Å². The van der Waals surface area contributed by atoms with E-state index in [0.717, 1.165) is 63.7 Å². The van der Waals surface area contributed by atoms with E-state index in [1.165, 1.54) is 0 Å². The molecule has 1 amide bonds. The second-order valence-electron chi connectivity index (χ2n) is 6.56. The van der Waals surface area contributed by atoms with E-state index >= 15 is 0 Å². The second-order valence-corrected chi connectivity index (χ2v) is 6.56. The summed E-state index contributed by atoms with van der Waals surface area (Å²) in [5, 5.41) is 3.01. The zero-order valence-corrected chi connectivity index (χ0v) is 13.3. The first-order chi connectivity index (χ1) is 11.3. The van der Waals surface area contributed by atoms with E-state index in [2.05, 4.69) is 25.1 Å². The molecule has 3 fully saturated rings. The largest absolute Gasteiger partial charge is 0.378 e. The molecule has 1 aromatic heterocycles. The van der Waals surface area contributed by atoms with Gasteiger partial charge >= 0.3 is 0 Å². The van der Waals surface area contributed by atoms with Crippen LogP contribution in [0.3, 0.4) is 0 Å². The highest BCUT2D eigenvalue weighted by Gasteiger charge is 2.37. The van der Waals surface area contributed by atoms with Gasteiger partial charge in [0.25, 0.3) is 0 Å². The van der Waals surface area contributed by atoms with Crippen molar-refractivity contribution in [3.8, 4) is 0 Å². The lowest BCUT2D eigenvalue weighted by molar-refractivity contribution is -0.121. The van der Waals surface area contributed by atoms with E-state index in [4.69, 9.17) is 4.74 Å². The molecule has 0 saturated carbocycles. The Bertz CT molecular complexity index is 558. The number of anilines is 1. The number of hydrogen-bond acceptors (Lipinski definition) is 6. The molecule has 3 aliphatic heterocycles. The highest BCUT2D eigenvalue weighted by atomic mass is 16.5. The Morgan fingerprint density at radius 3 is 2.70 bits per heavy atom. The fraction of sp³-hybridized carbons (Fsp3) is 0.688. The van der Waals surface area contributed by atoms with Crippen LogP contribution in [0.15, 0.2) is 12.4 Å². The lowest BCUT2D eigenvalue weighted by Crippen LogP contribution is -2.38. The number of carbonyl (C=O) groups is 1. The molecule has 1 N–H and O–H groups in total. The molecule has 3 aliphatic rings. The number of rotatable bonds is 3. The van der Waals surface area contributed by atoms with Crippen LogP contribution in [0.5, 0.6) is 0 Å². The Hall–Kier alpha value is -1.73. The predicted molar refractivity (Wildman–Crippen MR) is 85.0 cm³/mol. The number of ether oxygens (including phenoxy) is 1. The lowest BCUT2D eigenvalue weighted by atomic mass is 10.1. The third-order valence-electron chi connectivity index (χ3n) is 5.08. The van der Waals surface area contributed by atoms with E-state index in [1.54, 1.807) is 0 Å². The van der Waals surface area contributed by atoms with Gasteiger partial charge in [-0.25, -0.2) is 9.97 Å². The minimum atomic E-state index is 0.182. The first-order valence-electron chi connectivity index (χ1n) is 8.45. The molecule has 0 unspecified atom stereocenters. The molecule has 3 saturated heterocycles. The fourth-order valence-corrected chi connectivity index (χ4v) is 3.80. The summed E-state index contributed by atoms with van der Waals surface area (Å²) in [5.74, 6) is 0.967. The summed E-state index contributed by atoms with van der Waals surface area (Å²) in [6.07, 6.45) is 6.75. The Kier molecular flexibility index (Phi) is 4.13. The maximum atomic E-state index is 11.7. The number of amides is 1. The van der Waals surface area contributed by atoms with Crippen LogP contribution in [0.1, 0.15) is 24.8 Å². The SMILES string of the molecule is O=C1C[C@@H]2CC[C@H](CN1)N2Cc1cnc(N2CCOCC2)nc1. The van der Waals surface area contributed by atoms with Gasteiger partial charge < -0.3 is 15.0 Å². The van der Waals surface area contributed by atoms with Crippen molar-refractivity contribution in [2.24, 2.45) is 0 Å². The molecule has 0 radical (unpaired) electrons. The summed E-state index contributed by atoms with van der Waals surface area (Å²) >= 11 is 0.